The molecule has 4 atom stereocenters. The normalized spacial score (nSPS) is 17.5. The molecule has 0 fully saturated rings. The molecule has 0 aliphatic heterocycles. The van der Waals surface area contributed by atoms with E-state index >= 15 is 0 Å². The Morgan fingerprint density at radius 1 is 0.950 bits per heavy atom. The molecule has 20 heavy (non-hydrogen) atoms. The van der Waals surface area contributed by atoms with Crippen LogP contribution in [0.15, 0.2) is 24.3 Å². The summed E-state index contributed by atoms with van der Waals surface area (Å²) in [6.45, 7) is -0.207. The van der Waals surface area contributed by atoms with Gasteiger partial charge in [-0.15, -0.1) is 0 Å². The molecule has 1 rings (SSSR count). The molecule has 0 aromatic heterocycles. The molecule has 7 heteroatoms. The van der Waals surface area contributed by atoms with Crippen molar-refractivity contribution in [2.75, 3.05) is 13.2 Å². The minimum absolute atomic E-state index is 0.0268. The van der Waals surface area contributed by atoms with Crippen molar-refractivity contribution >= 4 is 11.6 Å². The Morgan fingerprint density at radius 3 is 2.05 bits per heavy atom. The van der Waals surface area contributed by atoms with E-state index in [0.29, 0.717) is 11.6 Å². The van der Waals surface area contributed by atoms with Gasteiger partial charge in [-0.3, -0.25) is 0 Å². The van der Waals surface area contributed by atoms with Gasteiger partial charge in [-0.1, -0.05) is 23.7 Å². The van der Waals surface area contributed by atoms with Gasteiger partial charge in [-0.25, -0.2) is 0 Å². The first kappa shape index (κ1) is 17.3. The predicted octanol–water partition coefficient (Wildman–Crippen LogP) is -1.13. The average Bonchev–Trinajstić information content (AvgIpc) is 2.46. The molecule has 0 heterocycles. The topological polar surface area (TPSA) is 113 Å². The van der Waals surface area contributed by atoms with Crippen LogP contribution >= 0.6 is 11.6 Å². The maximum atomic E-state index is 9.67. The number of hydrogen-bond donors (Lipinski definition) is 6. The van der Waals surface area contributed by atoms with Crippen LogP contribution < -0.4 is 5.32 Å². The molecule has 114 valence electrons. The molecule has 0 bridgehead atoms. The van der Waals surface area contributed by atoms with E-state index in [9.17, 15) is 20.4 Å². The molecular formula is C13H20ClNO5. The van der Waals surface area contributed by atoms with Gasteiger partial charge in [-0.05, 0) is 17.7 Å². The second kappa shape index (κ2) is 8.53. The molecule has 0 radical (unpaired) electrons. The molecule has 0 spiro atoms. The number of benzene rings is 1. The van der Waals surface area contributed by atoms with Crippen LogP contribution in [0.4, 0.5) is 0 Å². The molecule has 6 nitrogen and oxygen atoms in total. The largest absolute Gasteiger partial charge is 0.394 e. The van der Waals surface area contributed by atoms with E-state index in [2.05, 4.69) is 5.32 Å². The van der Waals surface area contributed by atoms with E-state index in [1.165, 1.54) is 0 Å². The summed E-state index contributed by atoms with van der Waals surface area (Å²) in [6.07, 6.45) is -5.91. The molecule has 0 amide bonds. The Balaban J connectivity index is 2.35. The number of hydrogen-bond acceptors (Lipinski definition) is 6. The van der Waals surface area contributed by atoms with Crippen LogP contribution in [0.3, 0.4) is 0 Å². The quantitative estimate of drug-likeness (QED) is 0.339. The Labute approximate surface area is 122 Å². The molecule has 1 aromatic rings. The summed E-state index contributed by atoms with van der Waals surface area (Å²) in [7, 11) is 0. The highest BCUT2D eigenvalue weighted by Gasteiger charge is 2.29. The first-order chi connectivity index (χ1) is 9.45. The zero-order valence-electron chi connectivity index (χ0n) is 10.9. The second-order valence-electron chi connectivity index (χ2n) is 4.56. The lowest BCUT2D eigenvalue weighted by Gasteiger charge is -2.25. The van der Waals surface area contributed by atoms with Gasteiger partial charge in [-0.2, -0.15) is 0 Å². The Morgan fingerprint density at radius 2 is 1.50 bits per heavy atom. The standard InChI is InChI=1S/C13H20ClNO5/c14-9-3-1-8(2-4-9)5-15-6-10(17)12(19)13(20)11(18)7-16/h1-4,10-13,15-20H,5-7H2/t10-,11+,12+,13+/m0/s1/i1+1,3+1,4+1,5+1,8+1,9+1. The lowest BCUT2D eigenvalue weighted by Crippen LogP contribution is -2.48. The average molecular weight is 312 g/mol. The Bertz CT molecular complexity index is 389. The molecule has 0 saturated carbocycles. The van der Waals surface area contributed by atoms with E-state index in [0.717, 1.165) is 5.56 Å². The SMILES string of the molecule is OC[C@@H](O)[C@@H](O)[C@H](O)[C@@H](O)CN[13CH2][13c]1c[13cH][13c](Cl)[13cH][13cH]1. The van der Waals surface area contributed by atoms with Crippen molar-refractivity contribution in [3.05, 3.63) is 34.9 Å². The van der Waals surface area contributed by atoms with Gasteiger partial charge in [0.15, 0.2) is 0 Å². The summed E-state index contributed by atoms with van der Waals surface area (Å²) in [6, 6.07) is 7.13. The third-order valence-corrected chi connectivity index (χ3v) is 3.17. The zero-order chi connectivity index (χ0) is 15.1. The lowest BCUT2D eigenvalue weighted by molar-refractivity contribution is -0.114. The molecule has 0 aliphatic carbocycles. The highest BCUT2D eigenvalue weighted by atomic mass is 35.5. The number of halogens is 1. The first-order valence-corrected chi connectivity index (χ1v) is 6.61. The summed E-state index contributed by atoms with van der Waals surface area (Å²) in [5, 5.41) is 50.1. The zero-order valence-corrected chi connectivity index (χ0v) is 11.6. The van der Waals surface area contributed by atoms with Gasteiger partial charge in [0.05, 0.1) is 12.7 Å². The number of nitrogens with one attached hydrogen (secondary N) is 1. The van der Waals surface area contributed by atoms with Gasteiger partial charge in [0.2, 0.25) is 0 Å². The van der Waals surface area contributed by atoms with Crippen molar-refractivity contribution in [3.8, 4) is 0 Å². The molecular weight excluding hydrogens is 292 g/mol. The van der Waals surface area contributed by atoms with E-state index in [1.807, 2.05) is 12.1 Å². The monoisotopic (exact) mass is 311 g/mol. The third-order valence-electron chi connectivity index (χ3n) is 2.92. The summed E-state index contributed by atoms with van der Waals surface area (Å²) < 4.78 is 0. The van der Waals surface area contributed by atoms with Crippen LogP contribution in [-0.2, 0) is 6.54 Å². The van der Waals surface area contributed by atoms with Crippen molar-refractivity contribution in [2.45, 2.75) is 31.0 Å². The van der Waals surface area contributed by atoms with Crippen molar-refractivity contribution < 1.29 is 25.5 Å². The Hall–Kier alpha value is -0.730. The van der Waals surface area contributed by atoms with Crippen LogP contribution in [0, 0.1) is 0 Å². The van der Waals surface area contributed by atoms with Crippen molar-refractivity contribution in [2.24, 2.45) is 0 Å². The van der Waals surface area contributed by atoms with E-state index in [1.54, 1.807) is 12.1 Å². The fourth-order valence-corrected chi connectivity index (χ4v) is 1.78. The van der Waals surface area contributed by atoms with Crippen LogP contribution in [-0.4, -0.2) is 63.1 Å². The molecule has 0 unspecified atom stereocenters. The van der Waals surface area contributed by atoms with Gasteiger partial charge < -0.3 is 30.8 Å². The fourth-order valence-electron chi connectivity index (χ4n) is 1.65. The van der Waals surface area contributed by atoms with E-state index in [-0.39, 0.29) is 6.54 Å². The minimum atomic E-state index is -1.60. The molecule has 1 aromatic carbocycles. The van der Waals surface area contributed by atoms with Crippen molar-refractivity contribution in [1.29, 1.82) is 0 Å². The lowest BCUT2D eigenvalue weighted by atomic mass is 10.0. The van der Waals surface area contributed by atoms with Crippen LogP contribution in [0.25, 0.3) is 0 Å². The van der Waals surface area contributed by atoms with E-state index in [4.69, 9.17) is 16.7 Å². The first-order valence-electron chi connectivity index (χ1n) is 6.24. The number of aliphatic hydroxyl groups excluding tert-OH is 5. The van der Waals surface area contributed by atoms with Gasteiger partial charge in [0, 0.05) is 18.1 Å². The summed E-state index contributed by atoms with van der Waals surface area (Å²) in [5.74, 6) is 0. The highest BCUT2D eigenvalue weighted by molar-refractivity contribution is 6.30. The van der Waals surface area contributed by atoms with Crippen LogP contribution in [0.2, 0.25) is 5.02 Å². The van der Waals surface area contributed by atoms with E-state index < -0.39 is 31.0 Å². The maximum Gasteiger partial charge on any atom is 0.111 e. The predicted molar refractivity (Wildman–Crippen MR) is 74.3 cm³/mol. The second-order valence-corrected chi connectivity index (χ2v) is 4.99. The number of aliphatic hydroxyl groups is 5. The minimum Gasteiger partial charge on any atom is -0.394 e. The van der Waals surface area contributed by atoms with Gasteiger partial charge in [0.1, 0.15) is 18.3 Å². The summed E-state index contributed by atoms with van der Waals surface area (Å²) in [5.41, 5.74) is 0.951. The van der Waals surface area contributed by atoms with Crippen molar-refractivity contribution in [1.82, 2.24) is 5.32 Å². The maximum absolute atomic E-state index is 9.67. The van der Waals surface area contributed by atoms with Crippen LogP contribution in [0.5, 0.6) is 0 Å². The molecule has 0 saturated heterocycles. The smallest absolute Gasteiger partial charge is 0.111 e. The third kappa shape index (κ3) is 5.34. The molecule has 0 aliphatic rings. The Kier molecular flexibility index (Phi) is 7.39. The molecule has 6 N–H and O–H groups in total. The summed E-state index contributed by atoms with van der Waals surface area (Å²) >= 11 is 5.75. The van der Waals surface area contributed by atoms with Gasteiger partial charge >= 0.3 is 0 Å². The van der Waals surface area contributed by atoms with Crippen LogP contribution in [0.1, 0.15) is 5.56 Å². The van der Waals surface area contributed by atoms with Crippen molar-refractivity contribution in [3.63, 3.8) is 0 Å². The van der Waals surface area contributed by atoms with Gasteiger partial charge in [0.25, 0.3) is 0 Å². The highest BCUT2D eigenvalue weighted by Crippen LogP contribution is 2.09. The number of rotatable bonds is 8. The fraction of sp³-hybridized carbons (Fsp3) is 0.538. The summed E-state index contributed by atoms with van der Waals surface area (Å²) in [4.78, 5) is 0.